The Bertz CT molecular complexity index is 480. The van der Waals surface area contributed by atoms with Gasteiger partial charge in [-0.3, -0.25) is 9.59 Å². The van der Waals surface area contributed by atoms with E-state index in [-0.39, 0.29) is 11.7 Å². The molecule has 0 aromatic heterocycles. The maximum atomic E-state index is 11.6. The predicted molar refractivity (Wildman–Crippen MR) is 79.6 cm³/mol. The largest absolute Gasteiger partial charge is 0.493 e. The first-order chi connectivity index (χ1) is 9.63. The molecular formula is C16H21NO3. The zero-order valence-corrected chi connectivity index (χ0v) is 12.0. The van der Waals surface area contributed by atoms with Gasteiger partial charge in [-0.1, -0.05) is 25.1 Å². The van der Waals surface area contributed by atoms with Crippen molar-refractivity contribution in [1.82, 2.24) is 5.32 Å². The number of rotatable bonds is 8. The summed E-state index contributed by atoms with van der Waals surface area (Å²) in [6, 6.07) is 7.56. The average Bonchev–Trinajstić information content (AvgIpc) is 2.43. The lowest BCUT2D eigenvalue weighted by atomic mass is 10.2. The number of carbonyl (C=O) groups excluding carboxylic acids is 2. The van der Waals surface area contributed by atoms with E-state index in [2.05, 4.69) is 5.32 Å². The Morgan fingerprint density at radius 3 is 2.75 bits per heavy atom. The van der Waals surface area contributed by atoms with Gasteiger partial charge in [0.2, 0.25) is 5.91 Å². The van der Waals surface area contributed by atoms with Crippen molar-refractivity contribution in [2.75, 3.05) is 13.2 Å². The van der Waals surface area contributed by atoms with Gasteiger partial charge in [0.15, 0.2) is 0 Å². The van der Waals surface area contributed by atoms with E-state index in [4.69, 9.17) is 4.74 Å². The zero-order chi connectivity index (χ0) is 14.8. The van der Waals surface area contributed by atoms with Crippen molar-refractivity contribution in [3.63, 3.8) is 0 Å². The number of nitrogens with one attached hydrogen (secondary N) is 1. The van der Waals surface area contributed by atoms with E-state index in [1.54, 1.807) is 6.08 Å². The van der Waals surface area contributed by atoms with Gasteiger partial charge in [-0.25, -0.2) is 0 Å². The highest BCUT2D eigenvalue weighted by molar-refractivity contribution is 5.92. The molecule has 1 aromatic rings. The van der Waals surface area contributed by atoms with Gasteiger partial charge in [0.25, 0.3) is 0 Å². The standard InChI is InChI=1S/C16H21NO3/c1-3-12-20-15-7-5-4-6-14(15)8-9-16(19)17-11-10-13(2)18/h4-9H,3,10-12H2,1-2H3,(H,17,19)/b9-8+. The molecule has 1 N–H and O–H groups in total. The van der Waals surface area contributed by atoms with E-state index in [0.717, 1.165) is 17.7 Å². The summed E-state index contributed by atoms with van der Waals surface area (Å²) in [6.07, 6.45) is 4.46. The van der Waals surface area contributed by atoms with Crippen LogP contribution in [0.5, 0.6) is 5.75 Å². The second-order valence-electron chi connectivity index (χ2n) is 4.46. The van der Waals surface area contributed by atoms with Crippen LogP contribution in [-0.2, 0) is 9.59 Å². The molecule has 1 amide bonds. The lowest BCUT2D eigenvalue weighted by Crippen LogP contribution is -2.23. The van der Waals surface area contributed by atoms with Crippen molar-refractivity contribution in [1.29, 1.82) is 0 Å². The van der Waals surface area contributed by atoms with Crippen LogP contribution in [0, 0.1) is 0 Å². The summed E-state index contributed by atoms with van der Waals surface area (Å²) >= 11 is 0. The van der Waals surface area contributed by atoms with E-state index in [0.29, 0.717) is 19.6 Å². The van der Waals surface area contributed by atoms with Crippen LogP contribution < -0.4 is 10.1 Å². The van der Waals surface area contributed by atoms with Crippen molar-refractivity contribution in [3.05, 3.63) is 35.9 Å². The number of hydrogen-bond donors (Lipinski definition) is 1. The minimum Gasteiger partial charge on any atom is -0.493 e. The number of hydrogen-bond acceptors (Lipinski definition) is 3. The Labute approximate surface area is 119 Å². The van der Waals surface area contributed by atoms with Gasteiger partial charge in [-0.15, -0.1) is 0 Å². The number of para-hydroxylation sites is 1. The number of ketones is 1. The van der Waals surface area contributed by atoms with Crippen LogP contribution in [-0.4, -0.2) is 24.8 Å². The highest BCUT2D eigenvalue weighted by Gasteiger charge is 2.01. The van der Waals surface area contributed by atoms with Crippen LogP contribution in [0.1, 0.15) is 32.3 Å². The third-order valence-corrected chi connectivity index (χ3v) is 2.57. The lowest BCUT2D eigenvalue weighted by Gasteiger charge is -2.07. The van der Waals surface area contributed by atoms with Crippen LogP contribution in [0.3, 0.4) is 0 Å². The minimum absolute atomic E-state index is 0.0626. The van der Waals surface area contributed by atoms with E-state index in [1.165, 1.54) is 13.0 Å². The summed E-state index contributed by atoms with van der Waals surface area (Å²) in [5.41, 5.74) is 0.864. The Balaban J connectivity index is 2.56. The topological polar surface area (TPSA) is 55.4 Å². The summed E-state index contributed by atoms with van der Waals surface area (Å²) in [5, 5.41) is 2.66. The predicted octanol–water partition coefficient (Wildman–Crippen LogP) is 2.58. The molecule has 0 aliphatic rings. The molecule has 0 fully saturated rings. The molecule has 0 unspecified atom stereocenters. The first kappa shape index (κ1) is 16.0. The highest BCUT2D eigenvalue weighted by atomic mass is 16.5. The molecule has 0 atom stereocenters. The Morgan fingerprint density at radius 2 is 2.05 bits per heavy atom. The number of carbonyl (C=O) groups is 2. The molecule has 0 saturated carbocycles. The first-order valence-corrected chi connectivity index (χ1v) is 6.80. The molecule has 0 heterocycles. The van der Waals surface area contributed by atoms with Gasteiger partial charge in [-0.2, -0.15) is 0 Å². The van der Waals surface area contributed by atoms with Crippen molar-refractivity contribution >= 4 is 17.8 Å². The molecule has 0 aliphatic carbocycles. The quantitative estimate of drug-likeness (QED) is 0.742. The summed E-state index contributed by atoms with van der Waals surface area (Å²) in [7, 11) is 0. The van der Waals surface area contributed by atoms with Crippen LogP contribution in [0.25, 0.3) is 6.08 Å². The van der Waals surface area contributed by atoms with Gasteiger partial charge >= 0.3 is 0 Å². The molecule has 0 spiro atoms. The molecule has 0 saturated heterocycles. The van der Waals surface area contributed by atoms with Gasteiger partial charge in [-0.05, 0) is 25.5 Å². The summed E-state index contributed by atoms with van der Waals surface area (Å²) in [5.74, 6) is 0.617. The highest BCUT2D eigenvalue weighted by Crippen LogP contribution is 2.19. The number of benzene rings is 1. The van der Waals surface area contributed by atoms with Crippen molar-refractivity contribution < 1.29 is 14.3 Å². The van der Waals surface area contributed by atoms with E-state index in [1.807, 2.05) is 31.2 Å². The van der Waals surface area contributed by atoms with Gasteiger partial charge in [0.1, 0.15) is 11.5 Å². The third kappa shape index (κ3) is 6.18. The van der Waals surface area contributed by atoms with Crippen molar-refractivity contribution in [3.8, 4) is 5.75 Å². The molecule has 0 bridgehead atoms. The van der Waals surface area contributed by atoms with Crippen molar-refractivity contribution in [2.24, 2.45) is 0 Å². The van der Waals surface area contributed by atoms with Crippen molar-refractivity contribution in [2.45, 2.75) is 26.7 Å². The molecule has 4 nitrogen and oxygen atoms in total. The van der Waals surface area contributed by atoms with Crippen LogP contribution in [0.2, 0.25) is 0 Å². The Morgan fingerprint density at radius 1 is 1.30 bits per heavy atom. The fourth-order valence-corrected chi connectivity index (χ4v) is 1.55. The molecule has 1 aromatic carbocycles. The SMILES string of the molecule is CCCOc1ccccc1/C=C/C(=O)NCCC(C)=O. The van der Waals surface area contributed by atoms with Crippen LogP contribution in [0.15, 0.2) is 30.3 Å². The van der Waals surface area contributed by atoms with E-state index in [9.17, 15) is 9.59 Å². The monoisotopic (exact) mass is 275 g/mol. The second kappa shape index (κ2) is 8.91. The van der Waals surface area contributed by atoms with Crippen LogP contribution in [0.4, 0.5) is 0 Å². The molecule has 1 rings (SSSR count). The Hall–Kier alpha value is -2.10. The minimum atomic E-state index is -0.212. The maximum absolute atomic E-state index is 11.6. The Kier molecular flexibility index (Phi) is 7.11. The van der Waals surface area contributed by atoms with Crippen LogP contribution >= 0.6 is 0 Å². The normalized spacial score (nSPS) is 10.5. The summed E-state index contributed by atoms with van der Waals surface area (Å²) in [6.45, 7) is 4.56. The lowest BCUT2D eigenvalue weighted by molar-refractivity contribution is -0.117. The third-order valence-electron chi connectivity index (χ3n) is 2.57. The van der Waals surface area contributed by atoms with E-state index >= 15 is 0 Å². The fourth-order valence-electron chi connectivity index (χ4n) is 1.55. The number of ether oxygens (including phenoxy) is 1. The van der Waals surface area contributed by atoms with Gasteiger partial charge in [0, 0.05) is 24.6 Å². The number of amides is 1. The maximum Gasteiger partial charge on any atom is 0.244 e. The molecule has 0 aliphatic heterocycles. The molecular weight excluding hydrogens is 254 g/mol. The first-order valence-electron chi connectivity index (χ1n) is 6.80. The summed E-state index contributed by atoms with van der Waals surface area (Å²) in [4.78, 5) is 22.3. The molecule has 20 heavy (non-hydrogen) atoms. The fraction of sp³-hybridized carbons (Fsp3) is 0.375. The van der Waals surface area contributed by atoms with Gasteiger partial charge in [0.05, 0.1) is 6.61 Å². The van der Waals surface area contributed by atoms with E-state index < -0.39 is 0 Å². The number of Topliss-reactive ketones (excluding diaryl/α,β-unsaturated/α-hetero) is 1. The van der Waals surface area contributed by atoms with Gasteiger partial charge < -0.3 is 10.1 Å². The second-order valence-corrected chi connectivity index (χ2v) is 4.46. The smallest absolute Gasteiger partial charge is 0.244 e. The molecule has 108 valence electrons. The summed E-state index contributed by atoms with van der Waals surface area (Å²) < 4.78 is 5.60. The molecule has 0 radical (unpaired) electrons. The zero-order valence-electron chi connectivity index (χ0n) is 12.0. The molecule has 4 heteroatoms. The average molecular weight is 275 g/mol.